The van der Waals surface area contributed by atoms with E-state index in [9.17, 15) is 13.2 Å². The van der Waals surface area contributed by atoms with Gasteiger partial charge in [0.15, 0.2) is 11.6 Å². The maximum absolute atomic E-state index is 14.2. The monoisotopic (exact) mass is 431 g/mol. The minimum Gasteiger partial charge on any atom is -0.495 e. The lowest BCUT2D eigenvalue weighted by atomic mass is 9.94. The van der Waals surface area contributed by atoms with Gasteiger partial charge in [-0.15, -0.1) is 0 Å². The van der Waals surface area contributed by atoms with Crippen LogP contribution >= 0.6 is 0 Å². The maximum atomic E-state index is 14.2. The first kappa shape index (κ1) is 20.7. The molecule has 1 aliphatic carbocycles. The molecule has 2 atom stereocenters. The second-order valence-corrected chi connectivity index (χ2v) is 7.06. The van der Waals surface area contributed by atoms with E-state index in [-0.39, 0.29) is 23.5 Å². The number of methoxy groups -OCH3 is 1. The van der Waals surface area contributed by atoms with Crippen LogP contribution in [0, 0.1) is 11.6 Å². The van der Waals surface area contributed by atoms with Gasteiger partial charge in [0.1, 0.15) is 29.4 Å². The quantitative estimate of drug-likeness (QED) is 0.453. The first-order valence-electron chi connectivity index (χ1n) is 9.59. The minimum absolute atomic E-state index is 0.0934. The van der Waals surface area contributed by atoms with E-state index in [1.54, 1.807) is 0 Å². The summed E-state index contributed by atoms with van der Waals surface area (Å²) in [6.07, 6.45) is 1.89. The molecule has 1 aromatic carbocycles. The maximum Gasteiger partial charge on any atom is 0.282 e. The van der Waals surface area contributed by atoms with Gasteiger partial charge in [0.05, 0.1) is 26.0 Å². The van der Waals surface area contributed by atoms with Crippen molar-refractivity contribution in [3.63, 3.8) is 0 Å². The van der Waals surface area contributed by atoms with Gasteiger partial charge in [-0.2, -0.15) is 0 Å². The molecule has 31 heavy (non-hydrogen) atoms. The van der Waals surface area contributed by atoms with Gasteiger partial charge in [0.25, 0.3) is 6.02 Å². The Morgan fingerprint density at radius 1 is 1.19 bits per heavy atom. The summed E-state index contributed by atoms with van der Waals surface area (Å²) in [6.45, 7) is -0.0934. The van der Waals surface area contributed by atoms with Gasteiger partial charge in [0, 0.05) is 16.6 Å². The molecule has 0 aliphatic heterocycles. The number of pyridine rings is 2. The van der Waals surface area contributed by atoms with Crippen molar-refractivity contribution in [2.75, 3.05) is 12.4 Å². The molecule has 0 bridgehead atoms. The Hall–Kier alpha value is -3.56. The van der Waals surface area contributed by atoms with Crippen LogP contribution in [0.1, 0.15) is 18.4 Å². The summed E-state index contributed by atoms with van der Waals surface area (Å²) < 4.78 is 51.9. The molecular weight excluding hydrogens is 411 g/mol. The van der Waals surface area contributed by atoms with Crippen LogP contribution in [0.3, 0.4) is 0 Å². The van der Waals surface area contributed by atoms with E-state index in [0.717, 1.165) is 6.20 Å². The average molecular weight is 431 g/mol. The molecule has 2 heterocycles. The van der Waals surface area contributed by atoms with Crippen LogP contribution in [0.15, 0.2) is 41.7 Å². The topological polar surface area (TPSA) is 94.7 Å². The number of aromatic nitrogens is 2. The molecule has 3 aromatic rings. The molecule has 1 aliphatic rings. The summed E-state index contributed by atoms with van der Waals surface area (Å²) in [5.41, 5.74) is 6.69. The summed E-state index contributed by atoms with van der Waals surface area (Å²) >= 11 is 0. The molecular formula is C21H20F3N5O2. The fourth-order valence-corrected chi connectivity index (χ4v) is 3.10. The Labute approximate surface area is 176 Å². The number of nitrogens with one attached hydrogen (secondary N) is 1. The van der Waals surface area contributed by atoms with E-state index in [4.69, 9.17) is 15.2 Å². The normalized spacial score (nSPS) is 18.5. The number of aliphatic imine (C=N–C) groups is 1. The molecule has 4 rings (SSSR count). The molecule has 0 spiro atoms. The number of rotatable bonds is 6. The number of nitrogens with zero attached hydrogens (tertiary/aromatic N) is 3. The van der Waals surface area contributed by atoms with E-state index in [1.165, 1.54) is 37.6 Å². The Morgan fingerprint density at radius 2 is 2.03 bits per heavy atom. The van der Waals surface area contributed by atoms with Crippen molar-refractivity contribution in [1.82, 2.24) is 9.97 Å². The Kier molecular flexibility index (Phi) is 5.79. The predicted molar refractivity (Wildman–Crippen MR) is 110 cm³/mol. The number of anilines is 2. The standard InChI is InChI=1S/C21H20F3N5O2/c1-30-13-7-14-17(24)10-27-20(19(14)26-9-13)29-12-2-3-15(22)11(6-12)8-28-21(25)31-18-5-4-16(18)23/h2-3,6-7,9-10,16,18H,4-5,8H2,1H3,(H2,25,28)(H,27,29)/t16-,18+/m0/s1. The second-order valence-electron chi connectivity index (χ2n) is 7.06. The molecule has 1 fully saturated rings. The minimum atomic E-state index is -1.05. The van der Waals surface area contributed by atoms with Crippen molar-refractivity contribution in [3.05, 3.63) is 53.9 Å². The van der Waals surface area contributed by atoms with Gasteiger partial charge in [-0.3, -0.25) is 0 Å². The Morgan fingerprint density at radius 3 is 2.74 bits per heavy atom. The predicted octanol–water partition coefficient (Wildman–Crippen LogP) is 3.99. The van der Waals surface area contributed by atoms with E-state index in [0.29, 0.717) is 35.6 Å². The van der Waals surface area contributed by atoms with Crippen molar-refractivity contribution in [3.8, 4) is 5.75 Å². The number of benzene rings is 1. The number of halogens is 3. The van der Waals surface area contributed by atoms with Gasteiger partial charge >= 0.3 is 0 Å². The number of hydrogen-bond donors (Lipinski definition) is 2. The van der Waals surface area contributed by atoms with Gasteiger partial charge in [-0.05, 0) is 37.1 Å². The summed E-state index contributed by atoms with van der Waals surface area (Å²) in [4.78, 5) is 12.2. The molecule has 10 heteroatoms. The van der Waals surface area contributed by atoms with Gasteiger partial charge in [-0.1, -0.05) is 0 Å². The van der Waals surface area contributed by atoms with E-state index in [1.807, 2.05) is 0 Å². The highest BCUT2D eigenvalue weighted by molar-refractivity contribution is 5.90. The molecule has 0 unspecified atom stereocenters. The van der Waals surface area contributed by atoms with Crippen molar-refractivity contribution < 1.29 is 22.6 Å². The molecule has 7 nitrogen and oxygen atoms in total. The smallest absolute Gasteiger partial charge is 0.282 e. The lowest BCUT2D eigenvalue weighted by Crippen LogP contribution is -2.39. The molecule has 3 N–H and O–H groups in total. The first-order chi connectivity index (χ1) is 14.9. The number of nitrogens with two attached hydrogens (primary N) is 1. The fraction of sp³-hybridized carbons (Fsp3) is 0.286. The number of hydrogen-bond acceptors (Lipinski definition) is 6. The Bertz CT molecular complexity index is 1140. The first-order valence-corrected chi connectivity index (χ1v) is 9.59. The molecule has 0 saturated heterocycles. The third-order valence-electron chi connectivity index (χ3n) is 5.00. The van der Waals surface area contributed by atoms with Crippen LogP contribution in [-0.4, -0.2) is 35.4 Å². The number of fused-ring (bicyclic) bond motifs is 1. The molecule has 1 saturated carbocycles. The van der Waals surface area contributed by atoms with E-state index in [2.05, 4.69) is 20.3 Å². The van der Waals surface area contributed by atoms with E-state index >= 15 is 0 Å². The molecule has 0 radical (unpaired) electrons. The highest BCUT2D eigenvalue weighted by atomic mass is 19.1. The highest BCUT2D eigenvalue weighted by Crippen LogP contribution is 2.28. The lowest BCUT2D eigenvalue weighted by Gasteiger charge is -2.29. The van der Waals surface area contributed by atoms with Gasteiger partial charge in [0.2, 0.25) is 0 Å². The average Bonchev–Trinajstić information content (AvgIpc) is 2.78. The van der Waals surface area contributed by atoms with Crippen molar-refractivity contribution in [1.29, 1.82) is 0 Å². The van der Waals surface area contributed by atoms with Crippen molar-refractivity contribution in [2.45, 2.75) is 31.7 Å². The molecule has 162 valence electrons. The fourth-order valence-electron chi connectivity index (χ4n) is 3.10. The van der Waals surface area contributed by atoms with E-state index < -0.39 is 23.9 Å². The zero-order chi connectivity index (χ0) is 22.0. The highest BCUT2D eigenvalue weighted by Gasteiger charge is 2.33. The summed E-state index contributed by atoms with van der Waals surface area (Å²) in [5.74, 6) is -0.333. The van der Waals surface area contributed by atoms with Crippen LogP contribution < -0.4 is 15.8 Å². The molecule has 0 amide bonds. The number of ether oxygens (including phenoxy) is 2. The van der Waals surface area contributed by atoms with Crippen LogP contribution in [0.25, 0.3) is 10.9 Å². The zero-order valence-corrected chi connectivity index (χ0v) is 16.6. The summed E-state index contributed by atoms with van der Waals surface area (Å²) in [5, 5.41) is 3.25. The second kappa shape index (κ2) is 8.66. The van der Waals surface area contributed by atoms with Crippen LogP contribution in [-0.2, 0) is 11.3 Å². The third kappa shape index (κ3) is 4.47. The number of alkyl halides is 1. The van der Waals surface area contributed by atoms with Crippen LogP contribution in [0.4, 0.5) is 24.7 Å². The zero-order valence-electron chi connectivity index (χ0n) is 16.6. The largest absolute Gasteiger partial charge is 0.495 e. The van der Waals surface area contributed by atoms with Crippen molar-refractivity contribution >= 4 is 28.4 Å². The SMILES string of the molecule is COc1cnc2c(Nc3ccc(F)c(CN=C(N)O[C@@H]4CC[C@@H]4F)c3)ncc(F)c2c1. The van der Waals surface area contributed by atoms with Gasteiger partial charge in [-0.25, -0.2) is 28.1 Å². The lowest BCUT2D eigenvalue weighted by molar-refractivity contribution is 0.00884. The summed E-state index contributed by atoms with van der Waals surface area (Å²) in [7, 11) is 1.46. The van der Waals surface area contributed by atoms with Gasteiger partial charge < -0.3 is 20.5 Å². The van der Waals surface area contributed by atoms with Crippen LogP contribution in [0.2, 0.25) is 0 Å². The van der Waals surface area contributed by atoms with Crippen molar-refractivity contribution in [2.24, 2.45) is 10.7 Å². The Balaban J connectivity index is 1.54. The number of amidine groups is 1. The molecule has 2 aromatic heterocycles. The van der Waals surface area contributed by atoms with Crippen LogP contribution in [0.5, 0.6) is 5.75 Å². The third-order valence-corrected chi connectivity index (χ3v) is 5.00. The summed E-state index contributed by atoms with van der Waals surface area (Å²) in [6, 6.07) is 5.62.